The fraction of sp³-hybridized carbons (Fsp3) is 0.0769. The topological polar surface area (TPSA) is 0 Å². The van der Waals surface area contributed by atoms with Gasteiger partial charge in [0.1, 0.15) is 5.82 Å². The second kappa shape index (κ2) is 4.31. The second-order valence-electron chi connectivity index (χ2n) is 3.50. The van der Waals surface area contributed by atoms with Gasteiger partial charge in [0, 0.05) is 9.13 Å². The minimum Gasteiger partial charge on any atom is -0.206 e. The number of hydrogen-bond donors (Lipinski definition) is 0. The number of aryl methyl sites for hydroxylation is 1. The van der Waals surface area contributed by atoms with Crippen LogP contribution < -0.4 is 0 Å². The van der Waals surface area contributed by atoms with E-state index in [0.29, 0.717) is 5.56 Å². The van der Waals surface area contributed by atoms with Crippen molar-refractivity contribution in [3.63, 3.8) is 0 Å². The number of hydrogen-bond acceptors (Lipinski definition) is 0. The van der Waals surface area contributed by atoms with Gasteiger partial charge in [0.15, 0.2) is 0 Å². The molecule has 0 saturated carbocycles. The summed E-state index contributed by atoms with van der Waals surface area (Å²) in [6.07, 6.45) is 0. The molecule has 0 spiro atoms. The van der Waals surface area contributed by atoms with Crippen LogP contribution in [-0.4, -0.2) is 0 Å². The van der Waals surface area contributed by atoms with Gasteiger partial charge >= 0.3 is 0 Å². The molecule has 0 unspecified atom stereocenters. The van der Waals surface area contributed by atoms with Crippen molar-refractivity contribution in [3.8, 4) is 11.1 Å². The Hall–Kier alpha value is -0.900. The van der Waals surface area contributed by atoms with Crippen molar-refractivity contribution < 1.29 is 4.39 Å². The highest BCUT2D eigenvalue weighted by Crippen LogP contribution is 2.25. The number of halogens is 2. The standard InChI is InChI=1S/C13H10FI/c1-9-6-10(8-11(15)7-9)12-4-2-3-5-13(12)14/h2-8H,1H3. The van der Waals surface area contributed by atoms with Crippen LogP contribution in [0.5, 0.6) is 0 Å². The van der Waals surface area contributed by atoms with Crippen molar-refractivity contribution in [2.24, 2.45) is 0 Å². The molecule has 2 aromatic rings. The summed E-state index contributed by atoms with van der Waals surface area (Å²) in [5, 5.41) is 0. The predicted octanol–water partition coefficient (Wildman–Crippen LogP) is 4.41. The first-order valence-electron chi connectivity index (χ1n) is 4.69. The van der Waals surface area contributed by atoms with E-state index in [1.165, 1.54) is 6.07 Å². The van der Waals surface area contributed by atoms with Crippen LogP contribution >= 0.6 is 22.6 Å². The van der Waals surface area contributed by atoms with Gasteiger partial charge in [-0.1, -0.05) is 24.3 Å². The minimum atomic E-state index is -0.168. The van der Waals surface area contributed by atoms with Crippen LogP contribution in [0.15, 0.2) is 42.5 Å². The van der Waals surface area contributed by atoms with E-state index in [-0.39, 0.29) is 5.82 Å². The summed E-state index contributed by atoms with van der Waals surface area (Å²) in [5.74, 6) is -0.168. The van der Waals surface area contributed by atoms with Gasteiger partial charge in [-0.15, -0.1) is 0 Å². The van der Waals surface area contributed by atoms with E-state index in [0.717, 1.165) is 14.7 Å². The molecule has 0 aliphatic heterocycles. The van der Waals surface area contributed by atoms with Gasteiger partial charge in [-0.3, -0.25) is 0 Å². The monoisotopic (exact) mass is 312 g/mol. The Labute approximate surface area is 102 Å². The Morgan fingerprint density at radius 3 is 2.47 bits per heavy atom. The van der Waals surface area contributed by atoms with Gasteiger partial charge in [0.05, 0.1) is 0 Å². The van der Waals surface area contributed by atoms with Crippen LogP contribution in [0, 0.1) is 16.3 Å². The smallest absolute Gasteiger partial charge is 0.131 e. The average Bonchev–Trinajstić information content (AvgIpc) is 2.16. The molecule has 0 nitrogen and oxygen atoms in total. The van der Waals surface area contributed by atoms with Crippen LogP contribution in [0.4, 0.5) is 4.39 Å². The molecule has 0 heterocycles. The molecule has 0 N–H and O–H groups in total. The molecule has 0 radical (unpaired) electrons. The molecule has 0 fully saturated rings. The summed E-state index contributed by atoms with van der Waals surface area (Å²) in [6.45, 7) is 2.02. The van der Waals surface area contributed by atoms with E-state index in [9.17, 15) is 4.39 Å². The SMILES string of the molecule is Cc1cc(I)cc(-c2ccccc2F)c1. The summed E-state index contributed by atoms with van der Waals surface area (Å²) in [5.41, 5.74) is 2.76. The van der Waals surface area contributed by atoms with Crippen molar-refractivity contribution in [1.29, 1.82) is 0 Å². The fourth-order valence-corrected chi connectivity index (χ4v) is 2.41. The van der Waals surface area contributed by atoms with Crippen LogP contribution in [-0.2, 0) is 0 Å². The van der Waals surface area contributed by atoms with E-state index in [1.54, 1.807) is 12.1 Å². The molecule has 0 atom stereocenters. The molecule has 2 rings (SSSR count). The van der Waals surface area contributed by atoms with Crippen LogP contribution in [0.25, 0.3) is 11.1 Å². The molecule has 0 aromatic heterocycles. The van der Waals surface area contributed by atoms with Gasteiger partial charge in [-0.2, -0.15) is 0 Å². The maximum absolute atomic E-state index is 13.5. The lowest BCUT2D eigenvalue weighted by atomic mass is 10.0. The maximum atomic E-state index is 13.5. The quantitative estimate of drug-likeness (QED) is 0.685. The minimum absolute atomic E-state index is 0.168. The predicted molar refractivity (Wildman–Crippen MR) is 69.3 cm³/mol. The van der Waals surface area contributed by atoms with Crippen molar-refractivity contribution in [2.45, 2.75) is 6.92 Å². The Kier molecular flexibility index (Phi) is 3.05. The van der Waals surface area contributed by atoms with Gasteiger partial charge < -0.3 is 0 Å². The molecular weight excluding hydrogens is 302 g/mol. The van der Waals surface area contributed by atoms with Crippen LogP contribution in [0.3, 0.4) is 0 Å². The Balaban J connectivity index is 2.59. The first-order chi connectivity index (χ1) is 7.16. The summed E-state index contributed by atoms with van der Waals surface area (Å²) in [4.78, 5) is 0. The molecule has 2 aromatic carbocycles. The van der Waals surface area contributed by atoms with Crippen molar-refractivity contribution in [1.82, 2.24) is 0 Å². The van der Waals surface area contributed by atoms with E-state index in [2.05, 4.69) is 28.7 Å². The third-order valence-corrected chi connectivity index (χ3v) is 2.85. The van der Waals surface area contributed by atoms with Crippen LogP contribution in [0.2, 0.25) is 0 Å². The summed E-state index contributed by atoms with van der Waals surface area (Å²) < 4.78 is 14.7. The third kappa shape index (κ3) is 2.37. The molecular formula is C13H10FI. The number of benzene rings is 2. The Morgan fingerprint density at radius 1 is 1.07 bits per heavy atom. The zero-order valence-electron chi connectivity index (χ0n) is 8.30. The molecule has 15 heavy (non-hydrogen) atoms. The summed E-state index contributed by atoms with van der Waals surface area (Å²) >= 11 is 2.25. The van der Waals surface area contributed by atoms with Gasteiger partial charge in [0.25, 0.3) is 0 Å². The molecule has 76 valence electrons. The normalized spacial score (nSPS) is 10.3. The molecule has 2 heteroatoms. The highest BCUT2D eigenvalue weighted by Gasteiger charge is 2.04. The Bertz CT molecular complexity index is 471. The average molecular weight is 312 g/mol. The van der Waals surface area contributed by atoms with Gasteiger partial charge in [-0.05, 0) is 58.8 Å². The molecule has 0 aliphatic rings. The molecule has 0 aliphatic carbocycles. The molecule has 0 bridgehead atoms. The highest BCUT2D eigenvalue weighted by atomic mass is 127. The zero-order valence-corrected chi connectivity index (χ0v) is 10.5. The van der Waals surface area contributed by atoms with Crippen molar-refractivity contribution >= 4 is 22.6 Å². The maximum Gasteiger partial charge on any atom is 0.131 e. The van der Waals surface area contributed by atoms with E-state index in [4.69, 9.17) is 0 Å². The second-order valence-corrected chi connectivity index (χ2v) is 4.74. The van der Waals surface area contributed by atoms with Crippen LogP contribution in [0.1, 0.15) is 5.56 Å². The lowest BCUT2D eigenvalue weighted by molar-refractivity contribution is 0.631. The largest absolute Gasteiger partial charge is 0.206 e. The van der Waals surface area contributed by atoms with E-state index < -0.39 is 0 Å². The number of rotatable bonds is 1. The first kappa shape index (κ1) is 10.6. The van der Waals surface area contributed by atoms with Gasteiger partial charge in [-0.25, -0.2) is 4.39 Å². The Morgan fingerprint density at radius 2 is 1.80 bits per heavy atom. The fourth-order valence-electron chi connectivity index (χ4n) is 1.59. The summed E-state index contributed by atoms with van der Waals surface area (Å²) in [7, 11) is 0. The summed E-state index contributed by atoms with van der Waals surface area (Å²) in [6, 6.07) is 12.9. The van der Waals surface area contributed by atoms with Crippen molar-refractivity contribution in [3.05, 3.63) is 57.4 Å². The lowest BCUT2D eigenvalue weighted by Gasteiger charge is -2.05. The van der Waals surface area contributed by atoms with Gasteiger partial charge in [0.2, 0.25) is 0 Å². The lowest BCUT2D eigenvalue weighted by Crippen LogP contribution is -1.86. The highest BCUT2D eigenvalue weighted by molar-refractivity contribution is 14.1. The zero-order chi connectivity index (χ0) is 10.8. The first-order valence-corrected chi connectivity index (χ1v) is 5.77. The molecule has 0 amide bonds. The van der Waals surface area contributed by atoms with E-state index >= 15 is 0 Å². The van der Waals surface area contributed by atoms with Crippen molar-refractivity contribution in [2.75, 3.05) is 0 Å². The molecule has 0 saturated heterocycles. The van der Waals surface area contributed by atoms with E-state index in [1.807, 2.05) is 25.1 Å². The third-order valence-electron chi connectivity index (χ3n) is 2.23.